The van der Waals surface area contributed by atoms with Crippen LogP contribution in [0, 0.1) is 28.5 Å². The van der Waals surface area contributed by atoms with Crippen LogP contribution in [0.15, 0.2) is 46.2 Å². The highest BCUT2D eigenvalue weighted by atomic mass is 35.5. The van der Waals surface area contributed by atoms with Crippen LogP contribution in [-0.2, 0) is 6.54 Å². The Bertz CT molecular complexity index is 1560. The number of rotatable bonds is 5. The molecule has 1 aliphatic heterocycles. The van der Waals surface area contributed by atoms with Crippen LogP contribution in [0.25, 0.3) is 16.8 Å². The van der Waals surface area contributed by atoms with Crippen LogP contribution >= 0.6 is 11.6 Å². The van der Waals surface area contributed by atoms with Crippen molar-refractivity contribution in [1.82, 2.24) is 14.1 Å². The third-order valence-electron chi connectivity index (χ3n) is 5.85. The second kappa shape index (κ2) is 9.49. The Morgan fingerprint density at radius 2 is 1.97 bits per heavy atom. The van der Waals surface area contributed by atoms with Crippen molar-refractivity contribution in [2.75, 3.05) is 18.0 Å². The Labute approximate surface area is 206 Å². The zero-order chi connectivity index (χ0) is 26.2. The first-order chi connectivity index (χ1) is 17.1. The van der Waals surface area contributed by atoms with E-state index in [0.29, 0.717) is 4.57 Å². The van der Waals surface area contributed by atoms with Gasteiger partial charge in [0.1, 0.15) is 29.9 Å². The van der Waals surface area contributed by atoms with Crippen LogP contribution in [0.3, 0.4) is 0 Å². The monoisotopic (exact) mass is 516 g/mol. The van der Waals surface area contributed by atoms with E-state index < -0.39 is 42.2 Å². The molecule has 0 amide bonds. The van der Waals surface area contributed by atoms with Crippen molar-refractivity contribution < 1.29 is 18.3 Å². The maximum atomic E-state index is 13.9. The van der Waals surface area contributed by atoms with Gasteiger partial charge >= 0.3 is 5.69 Å². The predicted octanol–water partition coefficient (Wildman–Crippen LogP) is 2.46. The Hall–Kier alpha value is -4.13. The van der Waals surface area contributed by atoms with Crippen molar-refractivity contribution in [1.29, 1.82) is 10.5 Å². The van der Waals surface area contributed by atoms with Gasteiger partial charge in [-0.2, -0.15) is 10.5 Å². The van der Waals surface area contributed by atoms with Crippen LogP contribution in [0.5, 0.6) is 0 Å². The SMILES string of the molecule is N#CCn1c(N2CC[C@@](O)(C(F)F)C2)c(-c2ccc(F)c(Cl)c2)c(=O)n(-c2cncc(C#N)c2)c1=O. The molecule has 1 aliphatic rings. The summed E-state index contributed by atoms with van der Waals surface area (Å²) >= 11 is 5.94. The lowest BCUT2D eigenvalue weighted by atomic mass is 10.0. The molecule has 3 aromatic rings. The third-order valence-corrected chi connectivity index (χ3v) is 6.14. The predicted molar refractivity (Wildman–Crippen MR) is 123 cm³/mol. The van der Waals surface area contributed by atoms with Gasteiger partial charge in [0.25, 0.3) is 12.0 Å². The maximum Gasteiger partial charge on any atom is 0.338 e. The average Bonchev–Trinajstić information content (AvgIpc) is 3.26. The van der Waals surface area contributed by atoms with Gasteiger partial charge in [0.05, 0.1) is 40.6 Å². The molecule has 1 atom stereocenters. The summed E-state index contributed by atoms with van der Waals surface area (Å²) in [5, 5.41) is 28.7. The number of pyridine rings is 1. The Balaban J connectivity index is 2.10. The number of aromatic nitrogens is 3. The molecular weight excluding hydrogens is 501 g/mol. The van der Waals surface area contributed by atoms with E-state index in [1.807, 2.05) is 12.1 Å². The molecule has 1 fully saturated rings. The molecule has 0 unspecified atom stereocenters. The Morgan fingerprint density at radius 1 is 1.22 bits per heavy atom. The fourth-order valence-electron chi connectivity index (χ4n) is 4.10. The minimum absolute atomic E-state index is 0.0405. The first-order valence-corrected chi connectivity index (χ1v) is 10.8. The van der Waals surface area contributed by atoms with E-state index in [1.165, 1.54) is 23.2 Å². The normalized spacial score (nSPS) is 17.3. The molecule has 1 aromatic carbocycles. The minimum Gasteiger partial charge on any atom is -0.382 e. The Kier molecular flexibility index (Phi) is 6.59. The molecule has 0 saturated carbocycles. The molecule has 0 radical (unpaired) electrons. The quantitative estimate of drug-likeness (QED) is 0.551. The molecule has 0 bridgehead atoms. The molecule has 9 nitrogen and oxygen atoms in total. The number of nitrogens with zero attached hydrogens (tertiary/aromatic N) is 6. The molecule has 36 heavy (non-hydrogen) atoms. The highest BCUT2D eigenvalue weighted by Crippen LogP contribution is 2.36. The average molecular weight is 517 g/mol. The molecule has 0 aliphatic carbocycles. The van der Waals surface area contributed by atoms with Crippen molar-refractivity contribution in [3.8, 4) is 29.0 Å². The number of hydrogen-bond acceptors (Lipinski definition) is 7. The van der Waals surface area contributed by atoms with E-state index in [9.17, 15) is 38.4 Å². The van der Waals surface area contributed by atoms with Gasteiger partial charge in [-0.15, -0.1) is 0 Å². The molecule has 1 saturated heterocycles. The lowest BCUT2D eigenvalue weighted by molar-refractivity contribution is -0.0801. The van der Waals surface area contributed by atoms with Crippen molar-refractivity contribution in [2.45, 2.75) is 25.0 Å². The molecule has 13 heteroatoms. The number of nitriles is 2. The number of anilines is 1. The fraction of sp³-hybridized carbons (Fsp3) is 0.261. The summed E-state index contributed by atoms with van der Waals surface area (Å²) in [6.45, 7) is -1.39. The number of β-amino-alcohol motifs (C(OH)–C–C–N with tert-alkyl or cyclic N) is 1. The molecule has 2 aromatic heterocycles. The second-order valence-corrected chi connectivity index (χ2v) is 8.52. The van der Waals surface area contributed by atoms with E-state index in [1.54, 1.807) is 0 Å². The van der Waals surface area contributed by atoms with Gasteiger partial charge in [0, 0.05) is 19.2 Å². The second-order valence-electron chi connectivity index (χ2n) is 8.11. The number of halogens is 4. The molecule has 3 heterocycles. The molecule has 184 valence electrons. The van der Waals surface area contributed by atoms with Gasteiger partial charge in [-0.1, -0.05) is 17.7 Å². The third kappa shape index (κ3) is 4.21. The zero-order valence-electron chi connectivity index (χ0n) is 18.3. The van der Waals surface area contributed by atoms with Gasteiger partial charge in [-0.25, -0.2) is 22.5 Å². The van der Waals surface area contributed by atoms with E-state index in [0.717, 1.165) is 22.9 Å². The molecule has 1 N–H and O–H groups in total. The standard InChI is InChI=1S/C23H16ClF3N6O3/c24-16-8-14(1-2-17(16)25)18-19(31-5-3-23(36,12-31)21(26)27)32(6-4-28)22(35)33(20(18)34)15-7-13(9-29)10-30-11-15/h1-2,7-8,10-11,21,36H,3,5-6,12H2/t23-/m0/s1. The van der Waals surface area contributed by atoms with Crippen LogP contribution in [0.2, 0.25) is 5.02 Å². The summed E-state index contributed by atoms with van der Waals surface area (Å²) in [7, 11) is 0. The van der Waals surface area contributed by atoms with Crippen LogP contribution in [-0.4, -0.2) is 44.3 Å². The topological polar surface area (TPSA) is 128 Å². The first-order valence-electron chi connectivity index (χ1n) is 10.4. The van der Waals surface area contributed by atoms with E-state index in [-0.39, 0.29) is 46.2 Å². The molecular formula is C23H16ClF3N6O3. The molecule has 4 rings (SSSR count). The molecule has 0 spiro atoms. The number of alkyl halides is 2. The van der Waals surface area contributed by atoms with Crippen LogP contribution in [0.1, 0.15) is 12.0 Å². The summed E-state index contributed by atoms with van der Waals surface area (Å²) < 4.78 is 42.6. The van der Waals surface area contributed by atoms with Crippen molar-refractivity contribution in [3.05, 3.63) is 73.9 Å². The van der Waals surface area contributed by atoms with Gasteiger partial charge in [0.15, 0.2) is 0 Å². The fourth-order valence-corrected chi connectivity index (χ4v) is 4.28. The minimum atomic E-state index is -3.11. The number of aliphatic hydroxyl groups is 1. The van der Waals surface area contributed by atoms with E-state index >= 15 is 0 Å². The largest absolute Gasteiger partial charge is 0.382 e. The van der Waals surface area contributed by atoms with Gasteiger partial charge in [-0.3, -0.25) is 14.3 Å². The lowest BCUT2D eigenvalue weighted by Gasteiger charge is -2.28. The van der Waals surface area contributed by atoms with Crippen molar-refractivity contribution in [2.24, 2.45) is 0 Å². The first kappa shape index (κ1) is 25.0. The van der Waals surface area contributed by atoms with Crippen molar-refractivity contribution in [3.63, 3.8) is 0 Å². The number of hydrogen-bond donors (Lipinski definition) is 1. The Morgan fingerprint density at radius 3 is 2.58 bits per heavy atom. The van der Waals surface area contributed by atoms with E-state index in [4.69, 9.17) is 11.6 Å². The smallest absolute Gasteiger partial charge is 0.338 e. The van der Waals surface area contributed by atoms with Crippen molar-refractivity contribution >= 4 is 17.4 Å². The van der Waals surface area contributed by atoms with Gasteiger partial charge in [0.2, 0.25) is 0 Å². The maximum absolute atomic E-state index is 13.9. The summed E-state index contributed by atoms with van der Waals surface area (Å²) in [5.74, 6) is -0.988. The summed E-state index contributed by atoms with van der Waals surface area (Å²) in [6, 6.07) is 8.22. The zero-order valence-corrected chi connectivity index (χ0v) is 19.1. The van der Waals surface area contributed by atoms with Crippen LogP contribution in [0.4, 0.5) is 19.0 Å². The highest BCUT2D eigenvalue weighted by Gasteiger charge is 2.45. The highest BCUT2D eigenvalue weighted by molar-refractivity contribution is 6.31. The van der Waals surface area contributed by atoms with E-state index in [2.05, 4.69) is 4.98 Å². The van der Waals surface area contributed by atoms with Crippen LogP contribution < -0.4 is 16.1 Å². The summed E-state index contributed by atoms with van der Waals surface area (Å²) in [5.41, 5.74) is -4.60. The summed E-state index contributed by atoms with van der Waals surface area (Å²) in [4.78, 5) is 32.4. The lowest BCUT2D eigenvalue weighted by Crippen LogP contribution is -2.45. The number of benzene rings is 1. The summed E-state index contributed by atoms with van der Waals surface area (Å²) in [6.07, 6.45) is -1.10. The van der Waals surface area contributed by atoms with Gasteiger partial charge < -0.3 is 10.0 Å². The van der Waals surface area contributed by atoms with Gasteiger partial charge in [-0.05, 0) is 23.8 Å².